The lowest BCUT2D eigenvalue weighted by atomic mass is 10.1. The number of nitro groups is 1. The summed E-state index contributed by atoms with van der Waals surface area (Å²) in [7, 11) is 2.01. The molecule has 1 aliphatic rings. The molecule has 6 heteroatoms. The molecule has 0 unspecified atom stereocenters. The van der Waals surface area contributed by atoms with Crippen LogP contribution < -0.4 is 0 Å². The summed E-state index contributed by atoms with van der Waals surface area (Å²) in [6, 6.07) is 0.304. The first-order valence-corrected chi connectivity index (χ1v) is 4.04. The van der Waals surface area contributed by atoms with Crippen LogP contribution in [0, 0.1) is 10.1 Å². The summed E-state index contributed by atoms with van der Waals surface area (Å²) in [5, 5.41) is 14.3. The Morgan fingerprint density at radius 2 is 2.38 bits per heavy atom. The Labute approximate surface area is 74.9 Å². The fraction of sp³-hybridized carbons (Fsp3) is 0.571. The number of nitrogens with zero attached hydrogens (tertiary/aromatic N) is 4. The van der Waals surface area contributed by atoms with Crippen molar-refractivity contribution in [2.45, 2.75) is 6.04 Å². The number of hydrogen-bond donors (Lipinski definition) is 0. The van der Waals surface area contributed by atoms with Crippen LogP contribution in [0.3, 0.4) is 0 Å². The van der Waals surface area contributed by atoms with Crippen molar-refractivity contribution in [1.82, 2.24) is 14.7 Å². The molecule has 0 bridgehead atoms. The zero-order valence-corrected chi connectivity index (χ0v) is 7.25. The average Bonchev–Trinajstić information content (AvgIpc) is 2.46. The van der Waals surface area contributed by atoms with Gasteiger partial charge >= 0.3 is 5.69 Å². The Morgan fingerprint density at radius 1 is 1.69 bits per heavy atom. The molecule has 1 fully saturated rings. The topological polar surface area (TPSA) is 64.2 Å². The minimum atomic E-state index is -0.425. The maximum Gasteiger partial charge on any atom is 0.307 e. The van der Waals surface area contributed by atoms with Gasteiger partial charge in [-0.1, -0.05) is 0 Å². The van der Waals surface area contributed by atoms with Gasteiger partial charge in [0.25, 0.3) is 0 Å². The van der Waals surface area contributed by atoms with E-state index >= 15 is 0 Å². The van der Waals surface area contributed by atoms with Crippen LogP contribution >= 0.6 is 0 Å². The molecule has 0 radical (unpaired) electrons. The van der Waals surface area contributed by atoms with Gasteiger partial charge in [0.2, 0.25) is 0 Å². The summed E-state index contributed by atoms with van der Waals surface area (Å²) in [4.78, 5) is 12.1. The molecule has 0 aliphatic carbocycles. The van der Waals surface area contributed by atoms with Gasteiger partial charge in [0.15, 0.2) is 0 Å². The summed E-state index contributed by atoms with van der Waals surface area (Å²) in [5.74, 6) is 0. The largest absolute Gasteiger partial charge is 0.307 e. The highest BCUT2D eigenvalue weighted by Crippen LogP contribution is 2.20. The smallest absolute Gasteiger partial charge is 0.302 e. The predicted molar refractivity (Wildman–Crippen MR) is 45.4 cm³/mol. The van der Waals surface area contributed by atoms with Gasteiger partial charge in [-0.3, -0.25) is 14.8 Å². The Morgan fingerprint density at radius 3 is 2.85 bits per heavy atom. The monoisotopic (exact) mass is 182 g/mol. The van der Waals surface area contributed by atoms with Gasteiger partial charge in [0.1, 0.15) is 12.4 Å². The summed E-state index contributed by atoms with van der Waals surface area (Å²) in [5.41, 5.74) is 0.0644. The van der Waals surface area contributed by atoms with Crippen LogP contribution in [0.15, 0.2) is 12.4 Å². The quantitative estimate of drug-likeness (QED) is 0.486. The Bertz CT molecular complexity index is 329. The van der Waals surface area contributed by atoms with Crippen LogP contribution in [-0.2, 0) is 0 Å². The lowest BCUT2D eigenvalue weighted by Gasteiger charge is -2.35. The second-order valence-corrected chi connectivity index (χ2v) is 3.31. The number of likely N-dealkylation sites (tertiary alicyclic amines) is 1. The third-order valence-electron chi connectivity index (χ3n) is 2.22. The van der Waals surface area contributed by atoms with Crippen molar-refractivity contribution < 1.29 is 4.92 Å². The molecule has 1 aromatic rings. The van der Waals surface area contributed by atoms with E-state index in [1.807, 2.05) is 7.05 Å². The van der Waals surface area contributed by atoms with Crippen molar-refractivity contribution in [2.75, 3.05) is 20.1 Å². The zero-order valence-electron chi connectivity index (χ0n) is 7.25. The normalized spacial score (nSPS) is 18.5. The number of hydrogen-bond acceptors (Lipinski definition) is 4. The Kier molecular flexibility index (Phi) is 1.77. The third-order valence-corrected chi connectivity index (χ3v) is 2.22. The third kappa shape index (κ3) is 1.40. The van der Waals surface area contributed by atoms with Gasteiger partial charge in [0.05, 0.1) is 11.0 Å². The molecule has 0 N–H and O–H groups in total. The van der Waals surface area contributed by atoms with Crippen LogP contribution in [-0.4, -0.2) is 39.7 Å². The SMILES string of the molecule is CN1CC(n2cc([N+](=O)[O-])cn2)C1. The highest BCUT2D eigenvalue weighted by Gasteiger charge is 2.26. The molecule has 0 atom stereocenters. The number of likely N-dealkylation sites (N-methyl/N-ethyl adjacent to an activating group) is 1. The highest BCUT2D eigenvalue weighted by molar-refractivity contribution is 5.21. The molecule has 0 spiro atoms. The maximum absolute atomic E-state index is 10.3. The van der Waals surface area contributed by atoms with Crippen LogP contribution in [0.25, 0.3) is 0 Å². The van der Waals surface area contributed by atoms with Crippen LogP contribution in [0.4, 0.5) is 5.69 Å². The molecule has 2 rings (SSSR count). The van der Waals surface area contributed by atoms with E-state index in [4.69, 9.17) is 0 Å². The summed E-state index contributed by atoms with van der Waals surface area (Å²) in [6.07, 6.45) is 2.77. The molecule has 13 heavy (non-hydrogen) atoms. The van der Waals surface area contributed by atoms with E-state index in [1.165, 1.54) is 12.4 Å². The average molecular weight is 182 g/mol. The van der Waals surface area contributed by atoms with E-state index in [0.29, 0.717) is 6.04 Å². The molecule has 0 aromatic carbocycles. The van der Waals surface area contributed by atoms with Crippen LogP contribution in [0.5, 0.6) is 0 Å². The van der Waals surface area contributed by atoms with Crippen LogP contribution in [0.1, 0.15) is 6.04 Å². The molecular formula is C7H10N4O2. The highest BCUT2D eigenvalue weighted by atomic mass is 16.6. The van der Waals surface area contributed by atoms with Gasteiger partial charge in [-0.25, -0.2) is 0 Å². The Hall–Kier alpha value is -1.43. The first kappa shape index (κ1) is 8.18. The van der Waals surface area contributed by atoms with Gasteiger partial charge < -0.3 is 4.90 Å². The standard InChI is InChI=1S/C7H10N4O2/c1-9-3-7(4-9)10-5-6(2-8-10)11(12)13/h2,5,7H,3-4H2,1H3. The Balaban J connectivity index is 2.10. The first-order chi connectivity index (χ1) is 6.16. The van der Waals surface area contributed by atoms with Crippen LogP contribution in [0.2, 0.25) is 0 Å². The molecule has 0 amide bonds. The van der Waals surface area contributed by atoms with E-state index in [-0.39, 0.29) is 5.69 Å². The molecule has 1 aromatic heterocycles. The number of rotatable bonds is 2. The van der Waals surface area contributed by atoms with Crippen molar-refractivity contribution in [1.29, 1.82) is 0 Å². The minimum Gasteiger partial charge on any atom is -0.302 e. The molecule has 0 saturated carbocycles. The van der Waals surface area contributed by atoms with Crippen molar-refractivity contribution in [3.63, 3.8) is 0 Å². The summed E-state index contributed by atoms with van der Waals surface area (Å²) in [6.45, 7) is 1.83. The molecule has 70 valence electrons. The second kappa shape index (κ2) is 2.81. The van der Waals surface area contributed by atoms with Gasteiger partial charge in [-0.15, -0.1) is 0 Å². The molecule has 1 aliphatic heterocycles. The number of aromatic nitrogens is 2. The summed E-state index contributed by atoms with van der Waals surface area (Å²) >= 11 is 0. The fourth-order valence-corrected chi connectivity index (χ4v) is 1.46. The van der Waals surface area contributed by atoms with Crippen molar-refractivity contribution in [3.05, 3.63) is 22.5 Å². The first-order valence-electron chi connectivity index (χ1n) is 4.04. The van der Waals surface area contributed by atoms with Crippen molar-refractivity contribution in [2.24, 2.45) is 0 Å². The molecular weight excluding hydrogens is 172 g/mol. The predicted octanol–water partition coefficient (Wildman–Crippen LogP) is 0.278. The molecule has 2 heterocycles. The van der Waals surface area contributed by atoms with E-state index in [9.17, 15) is 10.1 Å². The fourth-order valence-electron chi connectivity index (χ4n) is 1.46. The van der Waals surface area contributed by atoms with E-state index < -0.39 is 4.92 Å². The lowest BCUT2D eigenvalue weighted by Crippen LogP contribution is -2.45. The van der Waals surface area contributed by atoms with Gasteiger partial charge in [0, 0.05) is 13.1 Å². The zero-order chi connectivity index (χ0) is 9.42. The van der Waals surface area contributed by atoms with Crippen molar-refractivity contribution >= 4 is 5.69 Å². The summed E-state index contributed by atoms with van der Waals surface area (Å²) < 4.78 is 1.66. The van der Waals surface area contributed by atoms with Gasteiger partial charge in [-0.2, -0.15) is 5.10 Å². The lowest BCUT2D eigenvalue weighted by molar-refractivity contribution is -0.385. The van der Waals surface area contributed by atoms with E-state index in [0.717, 1.165) is 13.1 Å². The van der Waals surface area contributed by atoms with Gasteiger partial charge in [-0.05, 0) is 7.05 Å². The van der Waals surface area contributed by atoms with E-state index in [2.05, 4.69) is 10.00 Å². The maximum atomic E-state index is 10.3. The van der Waals surface area contributed by atoms with Crippen molar-refractivity contribution in [3.8, 4) is 0 Å². The second-order valence-electron chi connectivity index (χ2n) is 3.31. The minimum absolute atomic E-state index is 0.0644. The van der Waals surface area contributed by atoms with E-state index in [1.54, 1.807) is 4.68 Å². The molecule has 6 nitrogen and oxygen atoms in total. The molecule has 1 saturated heterocycles.